The fourth-order valence-corrected chi connectivity index (χ4v) is 2.87. The van der Waals surface area contributed by atoms with E-state index in [1.807, 2.05) is 25.1 Å². The largest absolute Gasteiger partial charge is 0.492 e. The molecule has 0 spiro atoms. The molecular weight excluding hydrogens is 236 g/mol. The summed E-state index contributed by atoms with van der Waals surface area (Å²) in [4.78, 5) is 0. The molecule has 0 amide bonds. The van der Waals surface area contributed by atoms with Crippen molar-refractivity contribution in [3.8, 4) is 5.75 Å². The monoisotopic (exact) mass is 254 g/mol. The Bertz CT molecular complexity index is 428. The number of aliphatic hydroxyl groups is 1. The predicted octanol–water partition coefficient (Wildman–Crippen LogP) is 3.40. The quantitative estimate of drug-likeness (QED) is 0.892. The van der Waals surface area contributed by atoms with E-state index in [1.165, 1.54) is 0 Å². The Morgan fingerprint density at radius 2 is 2.06 bits per heavy atom. The summed E-state index contributed by atoms with van der Waals surface area (Å²) < 4.78 is 5.42. The summed E-state index contributed by atoms with van der Waals surface area (Å²) >= 11 is 6.19. The van der Waals surface area contributed by atoms with Crippen LogP contribution < -0.4 is 4.74 Å². The van der Waals surface area contributed by atoms with Crippen molar-refractivity contribution >= 4 is 11.6 Å². The highest BCUT2D eigenvalue weighted by Crippen LogP contribution is 2.64. The first-order valence-corrected chi connectivity index (χ1v) is 6.38. The van der Waals surface area contributed by atoms with Gasteiger partial charge in [-0.2, -0.15) is 0 Å². The van der Waals surface area contributed by atoms with Crippen LogP contribution in [0.5, 0.6) is 5.75 Å². The molecule has 1 aromatic carbocycles. The average molecular weight is 255 g/mol. The van der Waals surface area contributed by atoms with E-state index in [2.05, 4.69) is 13.8 Å². The normalized spacial score (nSPS) is 25.7. The molecule has 94 valence electrons. The van der Waals surface area contributed by atoms with E-state index >= 15 is 0 Å². The van der Waals surface area contributed by atoms with E-state index in [0.717, 1.165) is 12.0 Å². The highest BCUT2D eigenvalue weighted by molar-refractivity contribution is 6.32. The van der Waals surface area contributed by atoms with Gasteiger partial charge in [-0.3, -0.25) is 0 Å². The molecule has 0 radical (unpaired) electrons. The molecule has 1 aliphatic rings. The lowest BCUT2D eigenvalue weighted by atomic mass is 9.89. The van der Waals surface area contributed by atoms with Crippen LogP contribution in [-0.4, -0.2) is 18.3 Å². The summed E-state index contributed by atoms with van der Waals surface area (Å²) in [5.74, 6) is 0.712. The molecule has 3 heteroatoms. The smallest absolute Gasteiger partial charge is 0.137 e. The number of hydrogen-bond donors (Lipinski definition) is 1. The van der Waals surface area contributed by atoms with Crippen molar-refractivity contribution in [3.63, 3.8) is 0 Å². The molecule has 1 N–H and O–H groups in total. The van der Waals surface area contributed by atoms with Gasteiger partial charge in [0, 0.05) is 5.41 Å². The highest BCUT2D eigenvalue weighted by Gasteiger charge is 2.61. The Hall–Kier alpha value is -0.730. The van der Waals surface area contributed by atoms with E-state index in [4.69, 9.17) is 16.3 Å². The zero-order chi connectivity index (χ0) is 12.7. The van der Waals surface area contributed by atoms with Crippen LogP contribution in [0.1, 0.15) is 32.8 Å². The van der Waals surface area contributed by atoms with Gasteiger partial charge in [-0.1, -0.05) is 31.5 Å². The molecule has 1 atom stereocenters. The zero-order valence-electron chi connectivity index (χ0n) is 10.6. The summed E-state index contributed by atoms with van der Waals surface area (Å²) in [6.45, 7) is 7.06. The first-order valence-electron chi connectivity index (χ1n) is 6.00. The third-order valence-corrected chi connectivity index (χ3v) is 4.26. The number of aliphatic hydroxyl groups excluding tert-OH is 1. The van der Waals surface area contributed by atoms with E-state index in [9.17, 15) is 5.11 Å². The Morgan fingerprint density at radius 3 is 2.47 bits per heavy atom. The van der Waals surface area contributed by atoms with Crippen LogP contribution in [0.15, 0.2) is 18.2 Å². The zero-order valence-corrected chi connectivity index (χ0v) is 11.3. The Balaban J connectivity index is 2.33. The van der Waals surface area contributed by atoms with Crippen LogP contribution in [0.2, 0.25) is 5.02 Å². The van der Waals surface area contributed by atoms with Crippen LogP contribution in [-0.2, 0) is 5.41 Å². The molecule has 1 fully saturated rings. The van der Waals surface area contributed by atoms with Gasteiger partial charge >= 0.3 is 0 Å². The fourth-order valence-electron chi connectivity index (χ4n) is 2.64. The third kappa shape index (κ3) is 1.94. The van der Waals surface area contributed by atoms with Gasteiger partial charge in [0.05, 0.1) is 18.2 Å². The molecular formula is C14H19ClO2. The highest BCUT2D eigenvalue weighted by atomic mass is 35.5. The Morgan fingerprint density at radius 1 is 1.41 bits per heavy atom. The number of ether oxygens (including phenoxy) is 1. The summed E-state index contributed by atoms with van der Waals surface area (Å²) in [6.07, 6.45) is 1.00. The summed E-state index contributed by atoms with van der Waals surface area (Å²) in [5.41, 5.74) is 1.14. The molecule has 1 aromatic rings. The molecule has 0 saturated heterocycles. The lowest BCUT2D eigenvalue weighted by Crippen LogP contribution is -2.19. The summed E-state index contributed by atoms with van der Waals surface area (Å²) in [5, 5.41) is 10.3. The second kappa shape index (κ2) is 4.18. The van der Waals surface area contributed by atoms with Gasteiger partial charge in [0.1, 0.15) is 5.75 Å². The van der Waals surface area contributed by atoms with Gasteiger partial charge in [0.15, 0.2) is 0 Å². The minimum absolute atomic E-state index is 0.124. The number of hydrogen-bond acceptors (Lipinski definition) is 2. The molecule has 17 heavy (non-hydrogen) atoms. The lowest BCUT2D eigenvalue weighted by molar-refractivity contribution is 0.231. The Kier molecular flexibility index (Phi) is 3.13. The summed E-state index contributed by atoms with van der Waals surface area (Å²) in [7, 11) is 0. The fraction of sp³-hybridized carbons (Fsp3) is 0.571. The van der Waals surface area contributed by atoms with E-state index in [1.54, 1.807) is 0 Å². The van der Waals surface area contributed by atoms with Crippen LogP contribution in [0.3, 0.4) is 0 Å². The number of benzene rings is 1. The molecule has 0 bridgehead atoms. The van der Waals surface area contributed by atoms with Gasteiger partial charge < -0.3 is 9.84 Å². The van der Waals surface area contributed by atoms with Crippen LogP contribution in [0.4, 0.5) is 0 Å². The van der Waals surface area contributed by atoms with Crippen LogP contribution in [0, 0.1) is 5.41 Å². The molecule has 2 rings (SSSR count). The van der Waals surface area contributed by atoms with Crippen molar-refractivity contribution in [2.75, 3.05) is 13.2 Å². The minimum atomic E-state index is -0.124. The number of rotatable bonds is 4. The molecule has 0 aromatic heterocycles. The van der Waals surface area contributed by atoms with Gasteiger partial charge in [-0.05, 0) is 36.5 Å². The third-order valence-electron chi connectivity index (χ3n) is 3.97. The topological polar surface area (TPSA) is 29.5 Å². The molecule has 1 aliphatic carbocycles. The van der Waals surface area contributed by atoms with Gasteiger partial charge in [0.2, 0.25) is 0 Å². The average Bonchev–Trinajstić information content (AvgIpc) is 2.85. The maximum absolute atomic E-state index is 9.63. The second-order valence-electron chi connectivity index (χ2n) is 5.38. The second-order valence-corrected chi connectivity index (χ2v) is 5.79. The maximum atomic E-state index is 9.63. The molecule has 0 heterocycles. The molecule has 0 aliphatic heterocycles. The van der Waals surface area contributed by atoms with Crippen molar-refractivity contribution in [2.45, 2.75) is 32.6 Å². The van der Waals surface area contributed by atoms with Crippen molar-refractivity contribution in [2.24, 2.45) is 5.41 Å². The van der Waals surface area contributed by atoms with Crippen molar-refractivity contribution in [3.05, 3.63) is 28.8 Å². The number of halogens is 1. The van der Waals surface area contributed by atoms with Gasteiger partial charge in [0.25, 0.3) is 0 Å². The Labute approximate surface area is 108 Å². The van der Waals surface area contributed by atoms with Gasteiger partial charge in [-0.25, -0.2) is 0 Å². The summed E-state index contributed by atoms with van der Waals surface area (Å²) in [6, 6.07) is 5.84. The first-order chi connectivity index (χ1) is 7.97. The van der Waals surface area contributed by atoms with E-state index < -0.39 is 0 Å². The van der Waals surface area contributed by atoms with E-state index in [0.29, 0.717) is 17.4 Å². The van der Waals surface area contributed by atoms with Crippen LogP contribution in [0.25, 0.3) is 0 Å². The molecule has 2 nitrogen and oxygen atoms in total. The van der Waals surface area contributed by atoms with Crippen molar-refractivity contribution in [1.29, 1.82) is 0 Å². The molecule has 1 unspecified atom stereocenters. The van der Waals surface area contributed by atoms with E-state index in [-0.39, 0.29) is 17.4 Å². The minimum Gasteiger partial charge on any atom is -0.492 e. The lowest BCUT2D eigenvalue weighted by Gasteiger charge is -2.19. The first kappa shape index (κ1) is 12.7. The van der Waals surface area contributed by atoms with Crippen molar-refractivity contribution in [1.82, 2.24) is 0 Å². The SMILES string of the molecule is CCOc1ccc(C2(CO)CC2(C)C)cc1Cl. The van der Waals surface area contributed by atoms with Crippen LogP contribution >= 0.6 is 11.6 Å². The standard InChI is InChI=1S/C14H19ClO2/c1-4-17-12-6-5-10(7-11(12)15)14(9-16)8-13(14,2)3/h5-7,16H,4,8-9H2,1-3H3. The van der Waals surface area contributed by atoms with Gasteiger partial charge in [-0.15, -0.1) is 0 Å². The maximum Gasteiger partial charge on any atom is 0.137 e. The van der Waals surface area contributed by atoms with Crippen molar-refractivity contribution < 1.29 is 9.84 Å². The molecule has 1 saturated carbocycles. The predicted molar refractivity (Wildman–Crippen MR) is 69.8 cm³/mol.